The molecule has 0 aliphatic carbocycles. The molecule has 1 amide bonds. The minimum Gasteiger partial charge on any atom is -0.444 e. The largest absolute Gasteiger partial charge is 0.444 e. The second-order valence-electron chi connectivity index (χ2n) is 7.74. The number of rotatable bonds is 2. The van der Waals surface area contributed by atoms with Crippen LogP contribution >= 0.6 is 15.9 Å². The van der Waals surface area contributed by atoms with E-state index in [2.05, 4.69) is 27.8 Å². The van der Waals surface area contributed by atoms with Gasteiger partial charge in [-0.3, -0.25) is 0 Å². The SMILES string of the molecule is CCc1cn(C2CCN(C(=O)OC(C)(C)C)C[C@H]2F)c2ncc(Br)cc12. The third-order valence-corrected chi connectivity index (χ3v) is 5.05. The summed E-state index contributed by atoms with van der Waals surface area (Å²) in [6.45, 7) is 8.03. The first-order chi connectivity index (χ1) is 12.2. The smallest absolute Gasteiger partial charge is 0.410 e. The molecule has 2 aromatic heterocycles. The summed E-state index contributed by atoms with van der Waals surface area (Å²) in [4.78, 5) is 18.2. The molecule has 0 spiro atoms. The van der Waals surface area contributed by atoms with Gasteiger partial charge in [0.15, 0.2) is 0 Å². The number of piperidine rings is 1. The van der Waals surface area contributed by atoms with E-state index in [1.54, 1.807) is 6.20 Å². The number of ether oxygens (including phenoxy) is 1. The summed E-state index contributed by atoms with van der Waals surface area (Å²) in [5.74, 6) is 0. The van der Waals surface area contributed by atoms with Crippen LogP contribution in [0.2, 0.25) is 0 Å². The number of fused-ring (bicyclic) bond motifs is 1. The highest BCUT2D eigenvalue weighted by Gasteiger charge is 2.35. The van der Waals surface area contributed by atoms with Gasteiger partial charge in [0.2, 0.25) is 0 Å². The van der Waals surface area contributed by atoms with E-state index in [4.69, 9.17) is 4.74 Å². The first-order valence-corrected chi connectivity index (χ1v) is 9.76. The van der Waals surface area contributed by atoms with E-state index in [0.29, 0.717) is 13.0 Å². The van der Waals surface area contributed by atoms with Gasteiger partial charge >= 0.3 is 6.09 Å². The quantitative estimate of drug-likeness (QED) is 0.688. The Morgan fingerprint density at radius 2 is 2.19 bits per heavy atom. The second-order valence-corrected chi connectivity index (χ2v) is 8.65. The van der Waals surface area contributed by atoms with Crippen molar-refractivity contribution in [3.05, 3.63) is 28.5 Å². The van der Waals surface area contributed by atoms with Crippen molar-refractivity contribution in [3.8, 4) is 0 Å². The summed E-state index contributed by atoms with van der Waals surface area (Å²) in [5.41, 5.74) is 1.36. The molecule has 5 nitrogen and oxygen atoms in total. The van der Waals surface area contributed by atoms with Gasteiger partial charge in [0, 0.05) is 28.8 Å². The Bertz CT molecular complexity index is 815. The van der Waals surface area contributed by atoms with E-state index >= 15 is 0 Å². The van der Waals surface area contributed by atoms with E-state index in [0.717, 1.165) is 27.5 Å². The molecule has 0 saturated carbocycles. The van der Waals surface area contributed by atoms with Crippen molar-refractivity contribution in [2.24, 2.45) is 0 Å². The average Bonchev–Trinajstić information content (AvgIpc) is 2.90. The summed E-state index contributed by atoms with van der Waals surface area (Å²) in [5, 5.41) is 1.05. The minimum atomic E-state index is -1.16. The standard InChI is InChI=1S/C19H25BrFN3O2/c1-5-12-10-24(17-14(12)8-13(20)9-22-17)16-6-7-23(11-15(16)21)18(25)26-19(2,3)4/h8-10,15-16H,5-7,11H2,1-4H3/t15-,16?/m1/s1. The molecule has 1 aliphatic rings. The van der Waals surface area contributed by atoms with E-state index in [-0.39, 0.29) is 12.6 Å². The van der Waals surface area contributed by atoms with E-state index < -0.39 is 17.9 Å². The molecule has 2 atom stereocenters. The third-order valence-electron chi connectivity index (χ3n) is 4.62. The summed E-state index contributed by atoms with van der Waals surface area (Å²) >= 11 is 3.46. The van der Waals surface area contributed by atoms with Crippen molar-refractivity contribution in [2.75, 3.05) is 13.1 Å². The van der Waals surface area contributed by atoms with Crippen LogP contribution in [0.3, 0.4) is 0 Å². The van der Waals surface area contributed by atoms with Gasteiger partial charge in [-0.15, -0.1) is 0 Å². The molecular weight excluding hydrogens is 401 g/mol. The van der Waals surface area contributed by atoms with E-state index in [1.807, 2.05) is 37.6 Å². The molecule has 3 heterocycles. The van der Waals surface area contributed by atoms with Crippen LogP contribution in [0.25, 0.3) is 11.0 Å². The Morgan fingerprint density at radius 1 is 1.46 bits per heavy atom. The Kier molecular flexibility index (Phi) is 5.28. The number of carbonyl (C=O) groups is 1. The van der Waals surface area contributed by atoms with Crippen molar-refractivity contribution in [2.45, 2.75) is 58.4 Å². The molecule has 1 fully saturated rings. The van der Waals surface area contributed by atoms with Gasteiger partial charge in [-0.25, -0.2) is 14.2 Å². The molecule has 3 rings (SSSR count). The molecule has 1 unspecified atom stereocenters. The molecule has 1 aliphatic heterocycles. The second kappa shape index (κ2) is 7.18. The highest BCUT2D eigenvalue weighted by atomic mass is 79.9. The highest BCUT2D eigenvalue weighted by Crippen LogP contribution is 2.32. The number of carbonyl (C=O) groups excluding carboxylic acids is 1. The van der Waals surface area contributed by atoms with Gasteiger partial charge < -0.3 is 14.2 Å². The summed E-state index contributed by atoms with van der Waals surface area (Å²) in [7, 11) is 0. The van der Waals surface area contributed by atoms with Crippen LogP contribution in [-0.4, -0.2) is 45.4 Å². The number of pyridine rings is 1. The highest BCUT2D eigenvalue weighted by molar-refractivity contribution is 9.10. The Morgan fingerprint density at radius 3 is 2.81 bits per heavy atom. The maximum Gasteiger partial charge on any atom is 0.410 e. The number of aromatic nitrogens is 2. The maximum absolute atomic E-state index is 15.0. The number of hydrogen-bond acceptors (Lipinski definition) is 3. The zero-order valence-electron chi connectivity index (χ0n) is 15.6. The number of likely N-dealkylation sites (tertiary alicyclic amines) is 1. The maximum atomic E-state index is 15.0. The first kappa shape index (κ1) is 19.1. The average molecular weight is 426 g/mol. The minimum absolute atomic E-state index is 0.0389. The van der Waals surface area contributed by atoms with E-state index in [9.17, 15) is 9.18 Å². The van der Waals surface area contributed by atoms with Crippen LogP contribution in [-0.2, 0) is 11.2 Å². The molecule has 7 heteroatoms. The van der Waals surface area contributed by atoms with Crippen LogP contribution in [0, 0.1) is 0 Å². The number of nitrogens with zero attached hydrogens (tertiary/aromatic N) is 3. The molecule has 0 radical (unpaired) electrons. The molecule has 26 heavy (non-hydrogen) atoms. The number of aryl methyl sites for hydroxylation is 1. The topological polar surface area (TPSA) is 47.4 Å². The molecule has 2 aromatic rings. The fourth-order valence-electron chi connectivity index (χ4n) is 3.41. The van der Waals surface area contributed by atoms with Crippen LogP contribution in [0.5, 0.6) is 0 Å². The fourth-order valence-corrected chi connectivity index (χ4v) is 3.74. The van der Waals surface area contributed by atoms with E-state index in [1.165, 1.54) is 4.90 Å². The van der Waals surface area contributed by atoms with Gasteiger partial charge in [-0.05, 0) is 61.2 Å². The van der Waals surface area contributed by atoms with Crippen LogP contribution in [0.1, 0.15) is 45.7 Å². The predicted molar refractivity (Wildman–Crippen MR) is 103 cm³/mol. The Labute approximate surface area is 161 Å². The lowest BCUT2D eigenvalue weighted by molar-refractivity contribution is 0.00704. The molecule has 0 aromatic carbocycles. The van der Waals surface area contributed by atoms with Gasteiger partial charge in [0.1, 0.15) is 17.4 Å². The van der Waals surface area contributed by atoms with Crippen molar-refractivity contribution >= 4 is 33.1 Å². The molecule has 1 saturated heterocycles. The summed E-state index contributed by atoms with van der Waals surface area (Å²) in [6, 6.07) is 1.70. The molecule has 142 valence electrons. The third kappa shape index (κ3) is 3.87. The fraction of sp³-hybridized carbons (Fsp3) is 0.579. The first-order valence-electron chi connectivity index (χ1n) is 8.96. The lowest BCUT2D eigenvalue weighted by atomic mass is 10.0. The number of halogens is 2. The lowest BCUT2D eigenvalue weighted by Crippen LogP contribution is -2.47. The zero-order valence-corrected chi connectivity index (χ0v) is 17.2. The van der Waals surface area contributed by atoms with Gasteiger partial charge in [0.05, 0.1) is 12.6 Å². The normalized spacial score (nSPS) is 21.2. The van der Waals surface area contributed by atoms with Crippen molar-refractivity contribution in [1.29, 1.82) is 0 Å². The number of hydrogen-bond donors (Lipinski definition) is 0. The number of alkyl halides is 1. The van der Waals surface area contributed by atoms with Crippen molar-refractivity contribution < 1.29 is 13.9 Å². The van der Waals surface area contributed by atoms with Gasteiger partial charge in [-0.2, -0.15) is 0 Å². The van der Waals surface area contributed by atoms with Crippen LogP contribution in [0.4, 0.5) is 9.18 Å². The number of amides is 1. The van der Waals surface area contributed by atoms with Crippen LogP contribution in [0.15, 0.2) is 22.9 Å². The lowest BCUT2D eigenvalue weighted by Gasteiger charge is -2.36. The Balaban J connectivity index is 1.82. The predicted octanol–water partition coefficient (Wildman–Crippen LogP) is 4.88. The Hall–Kier alpha value is -1.63. The van der Waals surface area contributed by atoms with Crippen LogP contribution < -0.4 is 0 Å². The molecule has 0 N–H and O–H groups in total. The summed E-state index contributed by atoms with van der Waals surface area (Å²) in [6.07, 6.45) is 3.51. The van der Waals surface area contributed by atoms with Gasteiger partial charge in [-0.1, -0.05) is 6.92 Å². The zero-order chi connectivity index (χ0) is 19.1. The monoisotopic (exact) mass is 425 g/mol. The summed E-state index contributed by atoms with van der Waals surface area (Å²) < 4.78 is 23.2. The van der Waals surface area contributed by atoms with Gasteiger partial charge in [0.25, 0.3) is 0 Å². The molecular formula is C19H25BrFN3O2. The van der Waals surface area contributed by atoms with Crippen molar-refractivity contribution in [1.82, 2.24) is 14.5 Å². The van der Waals surface area contributed by atoms with Crippen molar-refractivity contribution in [3.63, 3.8) is 0 Å². The molecule has 0 bridgehead atoms.